The number of nitrogens with one attached hydrogen (secondary N) is 1. The summed E-state index contributed by atoms with van der Waals surface area (Å²) in [6.45, 7) is 1.97. The highest BCUT2D eigenvalue weighted by Crippen LogP contribution is 2.13. The largest absolute Gasteiger partial charge is 0.366 e. The fourth-order valence-corrected chi connectivity index (χ4v) is 1.67. The third-order valence-corrected chi connectivity index (χ3v) is 2.63. The van der Waals surface area contributed by atoms with Crippen LogP contribution >= 0.6 is 0 Å². The van der Waals surface area contributed by atoms with E-state index in [4.69, 9.17) is 5.73 Å². The van der Waals surface area contributed by atoms with Crippen LogP contribution in [-0.4, -0.2) is 24.8 Å². The van der Waals surface area contributed by atoms with Crippen LogP contribution in [-0.2, 0) is 0 Å². The Morgan fingerprint density at radius 2 is 1.94 bits per heavy atom. The third-order valence-electron chi connectivity index (χ3n) is 2.63. The molecule has 0 radical (unpaired) electrons. The summed E-state index contributed by atoms with van der Waals surface area (Å²) < 4.78 is 1.30. The molecule has 0 amide bonds. The molecule has 0 aliphatic heterocycles. The van der Waals surface area contributed by atoms with E-state index in [0.717, 1.165) is 11.1 Å². The molecular formula is C11H10N6O. The number of fused-ring (bicyclic) bond motifs is 1. The van der Waals surface area contributed by atoms with Crippen LogP contribution in [0.5, 0.6) is 0 Å². The molecule has 0 aliphatic rings. The Bertz CT molecular complexity index is 770. The van der Waals surface area contributed by atoms with Crippen molar-refractivity contribution in [3.05, 3.63) is 40.2 Å². The van der Waals surface area contributed by atoms with Gasteiger partial charge in [0.25, 0.3) is 11.3 Å². The number of aromatic amines is 1. The first-order valence-electron chi connectivity index (χ1n) is 5.33. The predicted molar refractivity (Wildman–Crippen MR) is 66.0 cm³/mol. The molecule has 18 heavy (non-hydrogen) atoms. The molecule has 0 fully saturated rings. The second kappa shape index (κ2) is 3.66. The van der Waals surface area contributed by atoms with Crippen molar-refractivity contribution in [3.63, 3.8) is 0 Å². The van der Waals surface area contributed by atoms with E-state index in [1.165, 1.54) is 4.52 Å². The van der Waals surface area contributed by atoms with Gasteiger partial charge in [-0.05, 0) is 6.92 Å². The van der Waals surface area contributed by atoms with Crippen LogP contribution in [0.2, 0.25) is 0 Å². The number of rotatable bonds is 1. The molecule has 0 bridgehead atoms. The van der Waals surface area contributed by atoms with Crippen LogP contribution in [0, 0.1) is 6.92 Å². The smallest absolute Gasteiger partial charge is 0.279 e. The van der Waals surface area contributed by atoms with Gasteiger partial charge in [0.05, 0.1) is 0 Å². The van der Waals surface area contributed by atoms with Crippen LogP contribution in [0.1, 0.15) is 5.56 Å². The molecular weight excluding hydrogens is 232 g/mol. The molecule has 2 heterocycles. The monoisotopic (exact) mass is 242 g/mol. The zero-order valence-corrected chi connectivity index (χ0v) is 9.58. The highest BCUT2D eigenvalue weighted by molar-refractivity contribution is 5.58. The molecule has 7 nitrogen and oxygen atoms in total. The quantitative estimate of drug-likeness (QED) is 0.641. The molecule has 0 saturated carbocycles. The van der Waals surface area contributed by atoms with Crippen LogP contribution < -0.4 is 11.3 Å². The standard InChI is InChI=1S/C11H10N6O/c1-6-2-4-7(5-3-6)8-9(18)13-11-15-14-10(12)17(11)16-8/h2-5H,1H3,(H2,12,14)(H,13,15,18). The van der Waals surface area contributed by atoms with Gasteiger partial charge in [-0.2, -0.15) is 9.61 Å². The van der Waals surface area contributed by atoms with Crippen molar-refractivity contribution in [3.8, 4) is 11.3 Å². The van der Waals surface area contributed by atoms with Gasteiger partial charge >= 0.3 is 0 Å². The summed E-state index contributed by atoms with van der Waals surface area (Å²) in [7, 11) is 0. The number of anilines is 1. The van der Waals surface area contributed by atoms with Crippen LogP contribution in [0.4, 0.5) is 5.95 Å². The number of nitrogen functional groups attached to an aromatic ring is 1. The molecule has 3 N–H and O–H groups in total. The maximum Gasteiger partial charge on any atom is 0.279 e. The maximum absolute atomic E-state index is 11.9. The Hall–Kier alpha value is -2.70. The molecule has 0 aliphatic carbocycles. The molecule has 7 heteroatoms. The summed E-state index contributed by atoms with van der Waals surface area (Å²) in [6, 6.07) is 7.49. The van der Waals surface area contributed by atoms with Gasteiger partial charge in [-0.3, -0.25) is 9.78 Å². The minimum atomic E-state index is -0.321. The summed E-state index contributed by atoms with van der Waals surface area (Å²) >= 11 is 0. The minimum Gasteiger partial charge on any atom is -0.366 e. The van der Waals surface area contributed by atoms with E-state index in [1.807, 2.05) is 31.2 Å². The normalized spacial score (nSPS) is 10.9. The summed E-state index contributed by atoms with van der Waals surface area (Å²) in [5.74, 6) is 0.364. The molecule has 3 aromatic rings. The van der Waals surface area contributed by atoms with Gasteiger partial charge < -0.3 is 5.73 Å². The Balaban J connectivity index is 2.28. The molecule has 0 saturated heterocycles. The number of hydrogen-bond acceptors (Lipinski definition) is 5. The highest BCUT2D eigenvalue weighted by Gasteiger charge is 2.10. The third kappa shape index (κ3) is 1.53. The number of nitrogens with two attached hydrogens (primary N) is 1. The van der Waals surface area contributed by atoms with Crippen LogP contribution in [0.15, 0.2) is 29.1 Å². The maximum atomic E-state index is 11.9. The van der Waals surface area contributed by atoms with Gasteiger partial charge in [0.15, 0.2) is 5.69 Å². The fourth-order valence-electron chi connectivity index (χ4n) is 1.67. The zero-order valence-electron chi connectivity index (χ0n) is 9.58. The van der Waals surface area contributed by atoms with Gasteiger partial charge in [0.1, 0.15) is 0 Å². The van der Waals surface area contributed by atoms with E-state index in [2.05, 4.69) is 20.3 Å². The molecule has 2 aromatic heterocycles. The topological polar surface area (TPSA) is 102 Å². The lowest BCUT2D eigenvalue weighted by molar-refractivity contribution is 0.901. The molecule has 3 rings (SSSR count). The summed E-state index contributed by atoms with van der Waals surface area (Å²) in [6.07, 6.45) is 0. The van der Waals surface area contributed by atoms with Crippen molar-refractivity contribution in [2.45, 2.75) is 6.92 Å². The van der Waals surface area contributed by atoms with Crippen LogP contribution in [0.25, 0.3) is 17.0 Å². The number of benzene rings is 1. The van der Waals surface area contributed by atoms with Crippen molar-refractivity contribution in [1.29, 1.82) is 0 Å². The first-order valence-corrected chi connectivity index (χ1v) is 5.33. The molecule has 1 aromatic carbocycles. The van der Waals surface area contributed by atoms with E-state index < -0.39 is 0 Å². The second-order valence-electron chi connectivity index (χ2n) is 3.96. The van der Waals surface area contributed by atoms with Crippen molar-refractivity contribution >= 4 is 11.7 Å². The second-order valence-corrected chi connectivity index (χ2v) is 3.96. The summed E-state index contributed by atoms with van der Waals surface area (Å²) in [5, 5.41) is 11.5. The van der Waals surface area contributed by atoms with Gasteiger partial charge in [0, 0.05) is 5.56 Å². The average molecular weight is 242 g/mol. The lowest BCUT2D eigenvalue weighted by atomic mass is 10.1. The van der Waals surface area contributed by atoms with E-state index in [-0.39, 0.29) is 23.0 Å². The number of nitrogens with zero attached hydrogens (tertiary/aromatic N) is 4. The minimum absolute atomic E-state index is 0.134. The zero-order chi connectivity index (χ0) is 12.7. The highest BCUT2D eigenvalue weighted by atomic mass is 16.1. The Morgan fingerprint density at radius 3 is 2.67 bits per heavy atom. The van der Waals surface area contributed by atoms with Gasteiger partial charge in [0.2, 0.25) is 5.95 Å². The average Bonchev–Trinajstić information content (AvgIpc) is 2.71. The Morgan fingerprint density at radius 1 is 1.22 bits per heavy atom. The van der Waals surface area contributed by atoms with Gasteiger partial charge in [-0.15, -0.1) is 10.2 Å². The van der Waals surface area contributed by atoms with Gasteiger partial charge in [-0.1, -0.05) is 29.8 Å². The van der Waals surface area contributed by atoms with E-state index in [0.29, 0.717) is 0 Å². The number of aryl methyl sites for hydroxylation is 1. The van der Waals surface area contributed by atoms with Crippen LogP contribution in [0.3, 0.4) is 0 Å². The van der Waals surface area contributed by atoms with E-state index >= 15 is 0 Å². The van der Waals surface area contributed by atoms with Gasteiger partial charge in [-0.25, -0.2) is 0 Å². The summed E-state index contributed by atoms with van der Waals surface area (Å²) in [4.78, 5) is 14.5. The first-order chi connectivity index (χ1) is 8.65. The van der Waals surface area contributed by atoms with E-state index in [9.17, 15) is 4.79 Å². The predicted octanol–water partition coefficient (Wildman–Crippen LogP) is 0.370. The van der Waals surface area contributed by atoms with Crippen molar-refractivity contribution in [2.75, 3.05) is 5.73 Å². The molecule has 0 atom stereocenters. The van der Waals surface area contributed by atoms with E-state index in [1.54, 1.807) is 0 Å². The van der Waals surface area contributed by atoms with Crippen molar-refractivity contribution in [1.82, 2.24) is 24.8 Å². The number of aromatic nitrogens is 5. The fraction of sp³-hybridized carbons (Fsp3) is 0.0909. The van der Waals surface area contributed by atoms with Crippen molar-refractivity contribution < 1.29 is 0 Å². The Kier molecular flexibility index (Phi) is 2.12. The number of H-pyrrole nitrogens is 1. The SMILES string of the molecule is Cc1ccc(-c2nn3c(N)nnc3[nH]c2=O)cc1. The molecule has 0 unspecified atom stereocenters. The molecule has 90 valence electrons. The van der Waals surface area contributed by atoms with Crippen molar-refractivity contribution in [2.24, 2.45) is 0 Å². The Labute approximate surface area is 101 Å². The first kappa shape index (κ1) is 10.5. The lowest BCUT2D eigenvalue weighted by Gasteiger charge is -2.01. The summed E-state index contributed by atoms with van der Waals surface area (Å²) in [5.41, 5.74) is 7.40. The molecule has 0 spiro atoms. The number of hydrogen-bond donors (Lipinski definition) is 2. The lowest BCUT2D eigenvalue weighted by Crippen LogP contribution is -2.15.